The van der Waals surface area contributed by atoms with Gasteiger partial charge < -0.3 is 19.5 Å². The Balaban J connectivity index is 1.72. The van der Waals surface area contributed by atoms with E-state index in [0.29, 0.717) is 19.1 Å². The normalized spacial score (nSPS) is 30.9. The predicted octanol–water partition coefficient (Wildman–Crippen LogP) is 1.85. The molecule has 4 atom stereocenters. The summed E-state index contributed by atoms with van der Waals surface area (Å²) in [6.45, 7) is 3.41. The number of pyridine rings is 1. The molecule has 1 aromatic heterocycles. The van der Waals surface area contributed by atoms with E-state index in [-0.39, 0.29) is 30.1 Å². The molecule has 0 bridgehead atoms. The number of amides is 1. The number of hydrogen-bond acceptors (Lipinski definition) is 5. The number of aromatic nitrogens is 1. The van der Waals surface area contributed by atoms with Gasteiger partial charge in [0.1, 0.15) is 12.2 Å². The van der Waals surface area contributed by atoms with Gasteiger partial charge >= 0.3 is 0 Å². The molecule has 23 heavy (non-hydrogen) atoms. The summed E-state index contributed by atoms with van der Waals surface area (Å²) in [5, 5.41) is 3.13. The van der Waals surface area contributed by atoms with Crippen LogP contribution in [0.15, 0.2) is 18.3 Å². The molecule has 6 heteroatoms. The van der Waals surface area contributed by atoms with Gasteiger partial charge in [-0.1, -0.05) is 6.92 Å². The summed E-state index contributed by atoms with van der Waals surface area (Å²) in [4.78, 5) is 16.6. The zero-order valence-corrected chi connectivity index (χ0v) is 13.7. The summed E-state index contributed by atoms with van der Waals surface area (Å²) in [5.74, 6) is 0.782. The lowest BCUT2D eigenvalue weighted by Gasteiger charge is -2.33. The maximum Gasteiger partial charge on any atom is 0.249 e. The number of rotatable bonds is 4. The van der Waals surface area contributed by atoms with E-state index in [4.69, 9.17) is 14.2 Å². The van der Waals surface area contributed by atoms with Crippen molar-refractivity contribution in [2.75, 3.05) is 20.3 Å². The Hall–Kier alpha value is -1.66. The van der Waals surface area contributed by atoms with E-state index in [0.717, 1.165) is 24.8 Å². The first kappa shape index (κ1) is 16.2. The molecular formula is C17H24N2O4. The van der Waals surface area contributed by atoms with Gasteiger partial charge in [-0.25, -0.2) is 4.98 Å². The fourth-order valence-corrected chi connectivity index (χ4v) is 3.27. The highest BCUT2D eigenvalue weighted by atomic mass is 16.5. The zero-order valence-electron chi connectivity index (χ0n) is 13.7. The first-order valence-corrected chi connectivity index (χ1v) is 8.22. The highest BCUT2D eigenvalue weighted by Crippen LogP contribution is 2.30. The second-order valence-electron chi connectivity index (χ2n) is 6.24. The SMILES string of the molecule is COc1cc([C@H]2OCCC[C@@H]2NC(=O)[C@H]2OCC[C@@H]2C)ccn1. The van der Waals surface area contributed by atoms with Gasteiger partial charge in [-0.05, 0) is 36.8 Å². The minimum absolute atomic E-state index is 0.0310. The zero-order chi connectivity index (χ0) is 16.2. The number of ether oxygens (including phenoxy) is 3. The molecule has 2 aliphatic rings. The minimum atomic E-state index is -0.343. The summed E-state index contributed by atoms with van der Waals surface area (Å²) in [5.41, 5.74) is 0.974. The monoisotopic (exact) mass is 320 g/mol. The molecule has 0 radical (unpaired) electrons. The number of nitrogens with one attached hydrogen (secondary N) is 1. The second kappa shape index (κ2) is 7.27. The number of hydrogen-bond donors (Lipinski definition) is 1. The molecule has 0 spiro atoms. The molecule has 1 aromatic rings. The quantitative estimate of drug-likeness (QED) is 0.917. The molecular weight excluding hydrogens is 296 g/mol. The van der Waals surface area contributed by atoms with Gasteiger partial charge in [0.25, 0.3) is 0 Å². The molecule has 0 aromatic carbocycles. The average Bonchev–Trinajstić information content (AvgIpc) is 3.01. The molecule has 2 fully saturated rings. The molecule has 1 N–H and O–H groups in total. The Bertz CT molecular complexity index is 551. The summed E-state index contributed by atoms with van der Waals surface area (Å²) in [7, 11) is 1.59. The second-order valence-corrected chi connectivity index (χ2v) is 6.24. The Labute approximate surface area is 136 Å². The fraction of sp³-hybridized carbons (Fsp3) is 0.647. The molecule has 6 nitrogen and oxygen atoms in total. The van der Waals surface area contributed by atoms with Gasteiger partial charge in [0.2, 0.25) is 11.8 Å². The van der Waals surface area contributed by atoms with Gasteiger partial charge in [0.05, 0.1) is 13.2 Å². The molecule has 2 saturated heterocycles. The summed E-state index contributed by atoms with van der Waals surface area (Å²) < 4.78 is 16.7. The topological polar surface area (TPSA) is 69.7 Å². The van der Waals surface area contributed by atoms with Crippen LogP contribution in [0.25, 0.3) is 0 Å². The van der Waals surface area contributed by atoms with Gasteiger partial charge in [-0.3, -0.25) is 4.79 Å². The van der Waals surface area contributed by atoms with Crippen LogP contribution in [0.5, 0.6) is 5.88 Å². The van der Waals surface area contributed by atoms with Crippen molar-refractivity contribution in [2.24, 2.45) is 5.92 Å². The summed E-state index contributed by atoms with van der Waals surface area (Å²) in [6.07, 6.45) is 3.94. The maximum atomic E-state index is 12.5. The van der Waals surface area contributed by atoms with Crippen LogP contribution in [0.4, 0.5) is 0 Å². The van der Waals surface area contributed by atoms with Crippen LogP contribution in [0.2, 0.25) is 0 Å². The Morgan fingerprint density at radius 1 is 1.35 bits per heavy atom. The third-order valence-corrected chi connectivity index (χ3v) is 4.59. The lowest BCUT2D eigenvalue weighted by molar-refractivity contribution is -0.134. The van der Waals surface area contributed by atoms with E-state index in [1.807, 2.05) is 12.1 Å². The van der Waals surface area contributed by atoms with E-state index in [2.05, 4.69) is 17.2 Å². The Kier molecular flexibility index (Phi) is 5.13. The lowest BCUT2D eigenvalue weighted by atomic mass is 9.95. The van der Waals surface area contributed by atoms with E-state index in [1.54, 1.807) is 13.3 Å². The molecule has 3 heterocycles. The molecule has 3 rings (SSSR count). The van der Waals surface area contributed by atoms with Gasteiger partial charge in [0, 0.05) is 25.5 Å². The van der Waals surface area contributed by atoms with Gasteiger partial charge in [-0.15, -0.1) is 0 Å². The van der Waals surface area contributed by atoms with Crippen LogP contribution in [0, 0.1) is 5.92 Å². The first-order valence-electron chi connectivity index (χ1n) is 8.22. The van der Waals surface area contributed by atoms with Gasteiger partial charge in [-0.2, -0.15) is 0 Å². The van der Waals surface area contributed by atoms with E-state index >= 15 is 0 Å². The highest BCUT2D eigenvalue weighted by molar-refractivity contribution is 5.81. The molecule has 0 unspecified atom stereocenters. The molecule has 126 valence electrons. The van der Waals surface area contributed by atoms with Crippen molar-refractivity contribution >= 4 is 5.91 Å². The van der Waals surface area contributed by atoms with Crippen molar-refractivity contribution < 1.29 is 19.0 Å². The van der Waals surface area contributed by atoms with Crippen LogP contribution in [-0.2, 0) is 14.3 Å². The van der Waals surface area contributed by atoms with E-state index < -0.39 is 0 Å². The molecule has 0 saturated carbocycles. The Morgan fingerprint density at radius 2 is 2.22 bits per heavy atom. The number of carbonyl (C=O) groups excluding carboxylic acids is 1. The van der Waals surface area contributed by atoms with Crippen LogP contribution in [0.3, 0.4) is 0 Å². The molecule has 2 aliphatic heterocycles. The van der Waals surface area contributed by atoms with Crippen LogP contribution < -0.4 is 10.1 Å². The predicted molar refractivity (Wildman–Crippen MR) is 84.2 cm³/mol. The third kappa shape index (κ3) is 3.64. The maximum absolute atomic E-state index is 12.5. The van der Waals surface area contributed by atoms with Crippen molar-refractivity contribution in [3.8, 4) is 5.88 Å². The lowest BCUT2D eigenvalue weighted by Crippen LogP contribution is -2.47. The smallest absolute Gasteiger partial charge is 0.249 e. The van der Waals surface area contributed by atoms with E-state index in [1.165, 1.54) is 0 Å². The van der Waals surface area contributed by atoms with E-state index in [9.17, 15) is 4.79 Å². The average molecular weight is 320 g/mol. The minimum Gasteiger partial charge on any atom is -0.481 e. The Morgan fingerprint density at radius 3 is 2.96 bits per heavy atom. The van der Waals surface area contributed by atoms with Crippen LogP contribution in [0.1, 0.15) is 37.9 Å². The first-order chi connectivity index (χ1) is 11.2. The van der Waals surface area contributed by atoms with Crippen LogP contribution >= 0.6 is 0 Å². The number of nitrogens with zero attached hydrogens (tertiary/aromatic N) is 1. The van der Waals surface area contributed by atoms with Crippen molar-refractivity contribution in [2.45, 2.75) is 44.4 Å². The fourth-order valence-electron chi connectivity index (χ4n) is 3.27. The molecule has 1 amide bonds. The standard InChI is InChI=1S/C17H24N2O4/c1-11-6-9-23-15(11)17(20)19-13-4-3-8-22-16(13)12-5-7-18-14(10-12)21-2/h5,7,10-11,13,15-16H,3-4,6,8-9H2,1-2H3,(H,19,20)/t11-,13-,15-,16+/m0/s1. The third-order valence-electron chi connectivity index (χ3n) is 4.59. The van der Waals surface area contributed by atoms with Crippen LogP contribution in [-0.4, -0.2) is 43.4 Å². The highest BCUT2D eigenvalue weighted by Gasteiger charge is 2.35. The van der Waals surface area contributed by atoms with Crippen molar-refractivity contribution in [3.63, 3.8) is 0 Å². The number of carbonyl (C=O) groups is 1. The largest absolute Gasteiger partial charge is 0.481 e. The summed E-state index contributed by atoms with van der Waals surface area (Å²) >= 11 is 0. The number of methoxy groups -OCH3 is 1. The van der Waals surface area contributed by atoms with Crippen molar-refractivity contribution in [1.29, 1.82) is 0 Å². The molecule has 0 aliphatic carbocycles. The summed E-state index contributed by atoms with van der Waals surface area (Å²) in [6, 6.07) is 3.72. The van der Waals surface area contributed by atoms with Crippen molar-refractivity contribution in [1.82, 2.24) is 10.3 Å². The van der Waals surface area contributed by atoms with Gasteiger partial charge in [0.15, 0.2) is 0 Å². The van der Waals surface area contributed by atoms with Crippen molar-refractivity contribution in [3.05, 3.63) is 23.9 Å².